The van der Waals surface area contributed by atoms with E-state index in [1.54, 1.807) is 0 Å². The molecule has 1 amide bonds. The second-order valence-electron chi connectivity index (χ2n) is 3.24. The first-order chi connectivity index (χ1) is 6.59. The molecule has 0 saturated carbocycles. The van der Waals surface area contributed by atoms with Crippen LogP contribution in [0.15, 0.2) is 18.2 Å². The predicted molar refractivity (Wildman–Crippen MR) is 56.6 cm³/mol. The number of carbonyl (C=O) groups is 1. The van der Waals surface area contributed by atoms with E-state index >= 15 is 0 Å². The Hall–Kier alpha value is -1.75. The molecule has 0 unspecified atom stereocenters. The minimum atomic E-state index is -0.388. The van der Waals surface area contributed by atoms with Crippen LogP contribution in [-0.2, 0) is 4.79 Å². The fourth-order valence-electron chi connectivity index (χ4n) is 1.05. The van der Waals surface area contributed by atoms with Crippen LogP contribution in [0, 0.1) is 25.7 Å². The van der Waals surface area contributed by atoms with Crippen molar-refractivity contribution in [3.05, 3.63) is 34.9 Å². The smallest absolute Gasteiger partial charge is 0.229 e. The minimum absolute atomic E-state index is 0.118. The number of primary amides is 1. The zero-order chi connectivity index (χ0) is 10.6. The van der Waals surface area contributed by atoms with Gasteiger partial charge in [-0.15, -0.1) is 0 Å². The monoisotopic (exact) mass is 187 g/mol. The van der Waals surface area contributed by atoms with E-state index in [1.165, 1.54) is 11.1 Å². The summed E-state index contributed by atoms with van der Waals surface area (Å²) in [4.78, 5) is 10.4. The summed E-state index contributed by atoms with van der Waals surface area (Å²) in [5.74, 6) is 5.23. The Kier molecular flexibility index (Phi) is 3.30. The van der Waals surface area contributed by atoms with Crippen molar-refractivity contribution in [3.8, 4) is 11.8 Å². The highest BCUT2D eigenvalue weighted by atomic mass is 16.1. The summed E-state index contributed by atoms with van der Waals surface area (Å²) < 4.78 is 0. The van der Waals surface area contributed by atoms with E-state index in [0.29, 0.717) is 0 Å². The summed E-state index contributed by atoms with van der Waals surface area (Å²) in [7, 11) is 0. The molecule has 1 aromatic rings. The van der Waals surface area contributed by atoms with Gasteiger partial charge in [0.1, 0.15) is 0 Å². The van der Waals surface area contributed by atoms with E-state index in [1.807, 2.05) is 25.1 Å². The number of hydrogen-bond donors (Lipinski definition) is 1. The van der Waals surface area contributed by atoms with Crippen molar-refractivity contribution in [1.82, 2.24) is 0 Å². The van der Waals surface area contributed by atoms with Gasteiger partial charge in [-0.3, -0.25) is 4.79 Å². The third-order valence-electron chi connectivity index (χ3n) is 2.00. The van der Waals surface area contributed by atoms with Gasteiger partial charge in [-0.05, 0) is 37.1 Å². The molecule has 0 radical (unpaired) electrons. The van der Waals surface area contributed by atoms with Crippen LogP contribution < -0.4 is 5.73 Å². The van der Waals surface area contributed by atoms with E-state index in [0.717, 1.165) is 5.56 Å². The molecule has 1 rings (SSSR count). The predicted octanol–water partition coefficient (Wildman–Crippen LogP) is 1.53. The van der Waals surface area contributed by atoms with Gasteiger partial charge in [-0.1, -0.05) is 17.9 Å². The third kappa shape index (κ3) is 2.95. The molecule has 0 spiro atoms. The van der Waals surface area contributed by atoms with Crippen LogP contribution in [0.3, 0.4) is 0 Å². The Balaban J connectivity index is 2.81. The second kappa shape index (κ2) is 4.48. The van der Waals surface area contributed by atoms with Crippen molar-refractivity contribution in [3.63, 3.8) is 0 Å². The highest BCUT2D eigenvalue weighted by molar-refractivity contribution is 5.76. The molecule has 2 heteroatoms. The van der Waals surface area contributed by atoms with Crippen LogP contribution in [0.2, 0.25) is 0 Å². The van der Waals surface area contributed by atoms with E-state index < -0.39 is 0 Å². The maximum Gasteiger partial charge on any atom is 0.229 e. The van der Waals surface area contributed by atoms with Crippen molar-refractivity contribution >= 4 is 5.91 Å². The van der Waals surface area contributed by atoms with Gasteiger partial charge in [0.25, 0.3) is 0 Å². The average Bonchev–Trinajstić information content (AvgIpc) is 2.10. The Labute approximate surface area is 84.1 Å². The van der Waals surface area contributed by atoms with Crippen molar-refractivity contribution in [2.24, 2.45) is 5.73 Å². The summed E-state index contributed by atoms with van der Waals surface area (Å²) in [5, 5.41) is 0. The third-order valence-corrected chi connectivity index (χ3v) is 2.00. The van der Waals surface area contributed by atoms with Crippen molar-refractivity contribution in [2.75, 3.05) is 0 Å². The largest absolute Gasteiger partial charge is 0.369 e. The zero-order valence-corrected chi connectivity index (χ0v) is 8.42. The molecule has 1 aromatic carbocycles. The number of aryl methyl sites for hydroxylation is 2. The van der Waals surface area contributed by atoms with E-state index in [4.69, 9.17) is 5.73 Å². The standard InChI is InChI=1S/C12H13NO/c1-9-6-7-11(8-10(9)2)4-3-5-12(13)14/h6-8H,5H2,1-2H3,(H2,13,14). The lowest BCUT2D eigenvalue weighted by Gasteiger charge is -1.98. The second-order valence-corrected chi connectivity index (χ2v) is 3.24. The quantitative estimate of drug-likeness (QED) is 0.666. The van der Waals surface area contributed by atoms with Gasteiger partial charge in [0.15, 0.2) is 0 Å². The van der Waals surface area contributed by atoms with Crippen LogP contribution in [-0.4, -0.2) is 5.91 Å². The summed E-state index contributed by atoms with van der Waals surface area (Å²) in [6, 6.07) is 5.96. The molecule has 72 valence electrons. The SMILES string of the molecule is Cc1ccc(C#CCC(N)=O)cc1C. The van der Waals surface area contributed by atoms with Gasteiger partial charge in [0, 0.05) is 5.56 Å². The fraction of sp³-hybridized carbons (Fsp3) is 0.250. The zero-order valence-electron chi connectivity index (χ0n) is 8.42. The van der Waals surface area contributed by atoms with E-state index in [2.05, 4.69) is 18.8 Å². The molecule has 0 bridgehead atoms. The molecule has 2 N–H and O–H groups in total. The molecular weight excluding hydrogens is 174 g/mol. The summed E-state index contributed by atoms with van der Waals surface area (Å²) >= 11 is 0. The first kappa shape index (κ1) is 10.3. The number of hydrogen-bond acceptors (Lipinski definition) is 1. The molecule has 0 saturated heterocycles. The van der Waals surface area contributed by atoms with Crippen molar-refractivity contribution in [1.29, 1.82) is 0 Å². The molecule has 0 heterocycles. The van der Waals surface area contributed by atoms with Gasteiger partial charge in [-0.25, -0.2) is 0 Å². The molecular formula is C12H13NO. The number of carbonyl (C=O) groups excluding carboxylic acids is 1. The Morgan fingerprint density at radius 3 is 2.64 bits per heavy atom. The number of benzene rings is 1. The van der Waals surface area contributed by atoms with E-state index in [9.17, 15) is 4.79 Å². The van der Waals surface area contributed by atoms with Gasteiger partial charge in [-0.2, -0.15) is 0 Å². The Bertz CT molecular complexity index is 410. The van der Waals surface area contributed by atoms with Crippen LogP contribution in [0.1, 0.15) is 23.1 Å². The van der Waals surface area contributed by atoms with Crippen LogP contribution in [0.5, 0.6) is 0 Å². The molecule has 2 nitrogen and oxygen atoms in total. The highest BCUT2D eigenvalue weighted by Crippen LogP contribution is 2.08. The Morgan fingerprint density at radius 1 is 1.36 bits per heavy atom. The summed E-state index contributed by atoms with van der Waals surface area (Å²) in [6.45, 7) is 4.09. The van der Waals surface area contributed by atoms with E-state index in [-0.39, 0.29) is 12.3 Å². The first-order valence-electron chi connectivity index (χ1n) is 4.44. The summed E-state index contributed by atoms with van der Waals surface area (Å²) in [6.07, 6.45) is 0.118. The van der Waals surface area contributed by atoms with Gasteiger partial charge in [0.2, 0.25) is 5.91 Å². The van der Waals surface area contributed by atoms with Crippen molar-refractivity contribution < 1.29 is 4.79 Å². The maximum atomic E-state index is 10.4. The number of rotatable bonds is 1. The normalized spacial score (nSPS) is 9.00. The topological polar surface area (TPSA) is 43.1 Å². The highest BCUT2D eigenvalue weighted by Gasteiger charge is 1.92. The molecule has 14 heavy (non-hydrogen) atoms. The molecule has 0 aromatic heterocycles. The first-order valence-corrected chi connectivity index (χ1v) is 4.44. The lowest BCUT2D eigenvalue weighted by molar-refractivity contribution is -0.117. The lowest BCUT2D eigenvalue weighted by Crippen LogP contribution is -2.08. The molecule has 0 atom stereocenters. The average molecular weight is 187 g/mol. The minimum Gasteiger partial charge on any atom is -0.369 e. The lowest BCUT2D eigenvalue weighted by atomic mass is 10.1. The van der Waals surface area contributed by atoms with Crippen LogP contribution >= 0.6 is 0 Å². The number of nitrogens with two attached hydrogens (primary N) is 1. The van der Waals surface area contributed by atoms with Crippen LogP contribution in [0.25, 0.3) is 0 Å². The van der Waals surface area contributed by atoms with Crippen LogP contribution in [0.4, 0.5) is 0 Å². The van der Waals surface area contributed by atoms with Gasteiger partial charge < -0.3 is 5.73 Å². The molecule has 0 aliphatic carbocycles. The maximum absolute atomic E-state index is 10.4. The summed E-state index contributed by atoms with van der Waals surface area (Å²) in [5.41, 5.74) is 8.34. The Morgan fingerprint density at radius 2 is 2.07 bits per heavy atom. The fourth-order valence-corrected chi connectivity index (χ4v) is 1.05. The molecule has 0 fully saturated rings. The van der Waals surface area contributed by atoms with Crippen molar-refractivity contribution in [2.45, 2.75) is 20.3 Å². The van der Waals surface area contributed by atoms with Gasteiger partial charge >= 0.3 is 0 Å². The molecule has 0 aliphatic rings. The number of amides is 1. The molecule has 0 aliphatic heterocycles. The van der Waals surface area contributed by atoms with Gasteiger partial charge in [0.05, 0.1) is 6.42 Å².